The molecule has 7 heteroatoms. The van der Waals surface area contributed by atoms with Gasteiger partial charge >= 0.3 is 5.97 Å². The third kappa shape index (κ3) is 10.5. The Balaban J connectivity index is 4.35. The van der Waals surface area contributed by atoms with Gasteiger partial charge in [0.15, 0.2) is 0 Å². The molecule has 0 aromatic heterocycles. The molecule has 118 valence electrons. The molecule has 0 bridgehead atoms. The summed E-state index contributed by atoms with van der Waals surface area (Å²) in [5.74, 6) is 0.797. The van der Waals surface area contributed by atoms with Crippen molar-refractivity contribution in [1.29, 1.82) is 0 Å². The lowest BCUT2D eigenvalue weighted by atomic mass is 10.2. The van der Waals surface area contributed by atoms with Crippen LogP contribution in [0.4, 0.5) is 0 Å². The zero-order valence-electron chi connectivity index (χ0n) is 12.2. The first-order chi connectivity index (χ1) is 9.28. The zero-order chi connectivity index (χ0) is 15.6. The molecule has 5 nitrogen and oxygen atoms in total. The summed E-state index contributed by atoms with van der Waals surface area (Å²) in [6.45, 7) is 4.34. The Kier molecular flexibility index (Phi) is 10.3. The highest BCUT2D eigenvalue weighted by atomic mass is 32.2. The highest BCUT2D eigenvalue weighted by molar-refractivity contribution is 7.99. The second-order valence-electron chi connectivity index (χ2n) is 5.16. The summed E-state index contributed by atoms with van der Waals surface area (Å²) in [7, 11) is -3.40. The van der Waals surface area contributed by atoms with E-state index in [4.69, 9.17) is 10.8 Å². The van der Waals surface area contributed by atoms with Crippen LogP contribution >= 0.6 is 19.1 Å². The fourth-order valence-corrected chi connectivity index (χ4v) is 4.58. The molecule has 0 aliphatic rings. The predicted molar refractivity (Wildman–Crippen MR) is 85.7 cm³/mol. The van der Waals surface area contributed by atoms with Gasteiger partial charge in [0, 0.05) is 24.0 Å². The van der Waals surface area contributed by atoms with Crippen LogP contribution in [0.5, 0.6) is 0 Å². The van der Waals surface area contributed by atoms with E-state index in [1.165, 1.54) is 0 Å². The topological polar surface area (TPSA) is 101 Å². The molecule has 0 aliphatic heterocycles. The second kappa shape index (κ2) is 10.4. The molecule has 0 amide bonds. The summed E-state index contributed by atoms with van der Waals surface area (Å²) in [5.41, 5.74) is 5.43. The average molecular weight is 323 g/mol. The van der Waals surface area contributed by atoms with Crippen molar-refractivity contribution in [1.82, 2.24) is 0 Å². The summed E-state index contributed by atoms with van der Waals surface area (Å²) in [6, 6.07) is 0. The van der Waals surface area contributed by atoms with E-state index in [0.717, 1.165) is 17.9 Å². The summed E-state index contributed by atoms with van der Waals surface area (Å²) >= 11 is 1.73. The molecule has 0 saturated carbocycles. The molecule has 0 rings (SSSR count). The Morgan fingerprint density at radius 2 is 2.05 bits per heavy atom. The highest BCUT2D eigenvalue weighted by Gasteiger charge is 2.24. The lowest BCUT2D eigenvalue weighted by molar-refractivity contribution is -0.132. The van der Waals surface area contributed by atoms with Crippen molar-refractivity contribution >= 4 is 25.1 Å². The van der Waals surface area contributed by atoms with Crippen molar-refractivity contribution in [2.75, 3.05) is 30.4 Å². The standard InChI is InChI=1S/C13H26NO4PS/c1-11(2)9-19(17,18)10-12(13(15)16)5-3-4-7-20-8-6-14/h5,11H,3-4,6-10,14H2,1-2H3,(H,15,16)(H,17,18). The Labute approximate surface area is 125 Å². The number of aliphatic carboxylic acids is 1. The number of allylic oxidation sites excluding steroid dienone is 1. The van der Waals surface area contributed by atoms with Crippen LogP contribution in [-0.4, -0.2) is 46.3 Å². The van der Waals surface area contributed by atoms with E-state index in [0.29, 0.717) is 13.0 Å². The fourth-order valence-electron chi connectivity index (χ4n) is 1.77. The molecule has 20 heavy (non-hydrogen) atoms. The molecular weight excluding hydrogens is 297 g/mol. The van der Waals surface area contributed by atoms with Crippen LogP contribution < -0.4 is 5.73 Å². The largest absolute Gasteiger partial charge is 0.478 e. The molecule has 4 N–H and O–H groups in total. The number of hydrogen-bond donors (Lipinski definition) is 3. The number of hydrogen-bond acceptors (Lipinski definition) is 4. The van der Waals surface area contributed by atoms with Gasteiger partial charge in [-0.05, 0) is 24.5 Å². The van der Waals surface area contributed by atoms with E-state index in [1.807, 2.05) is 13.8 Å². The van der Waals surface area contributed by atoms with Gasteiger partial charge in [-0.25, -0.2) is 4.79 Å². The molecule has 0 radical (unpaired) electrons. The van der Waals surface area contributed by atoms with Crippen molar-refractivity contribution in [2.45, 2.75) is 26.7 Å². The van der Waals surface area contributed by atoms with Crippen molar-refractivity contribution in [3.8, 4) is 0 Å². The molecule has 1 atom stereocenters. The fraction of sp³-hybridized carbons (Fsp3) is 0.769. The Morgan fingerprint density at radius 3 is 2.55 bits per heavy atom. The van der Waals surface area contributed by atoms with Gasteiger partial charge in [0.05, 0.1) is 6.16 Å². The highest BCUT2D eigenvalue weighted by Crippen LogP contribution is 2.44. The molecule has 0 heterocycles. The molecule has 0 saturated heterocycles. The first-order valence-electron chi connectivity index (χ1n) is 6.79. The number of unbranched alkanes of at least 4 members (excludes halogenated alkanes) is 1. The maximum Gasteiger partial charge on any atom is 0.331 e. The lowest BCUT2D eigenvalue weighted by Gasteiger charge is -2.14. The molecule has 0 aromatic carbocycles. The number of thioether (sulfide) groups is 1. The number of carboxylic acid groups (broad SMARTS) is 1. The van der Waals surface area contributed by atoms with Crippen LogP contribution in [-0.2, 0) is 9.36 Å². The minimum absolute atomic E-state index is 0.0558. The predicted octanol–water partition coefficient (Wildman–Crippen LogP) is 2.40. The summed E-state index contributed by atoms with van der Waals surface area (Å²) < 4.78 is 11.9. The lowest BCUT2D eigenvalue weighted by Crippen LogP contribution is -2.09. The van der Waals surface area contributed by atoms with E-state index in [1.54, 1.807) is 17.8 Å². The summed E-state index contributed by atoms with van der Waals surface area (Å²) in [4.78, 5) is 20.9. The first-order valence-corrected chi connectivity index (χ1v) is 9.98. The van der Waals surface area contributed by atoms with E-state index in [-0.39, 0.29) is 23.8 Å². The number of rotatable bonds is 11. The van der Waals surface area contributed by atoms with Gasteiger partial charge in [-0.2, -0.15) is 11.8 Å². The van der Waals surface area contributed by atoms with Crippen molar-refractivity contribution in [3.63, 3.8) is 0 Å². The monoisotopic (exact) mass is 323 g/mol. The quantitative estimate of drug-likeness (QED) is 0.307. The van der Waals surface area contributed by atoms with Crippen LogP contribution in [0.25, 0.3) is 0 Å². The van der Waals surface area contributed by atoms with Crippen LogP contribution in [0.2, 0.25) is 0 Å². The SMILES string of the molecule is CC(C)CP(=O)(O)CC(=CCCCSCCN)C(=O)O. The Hall–Kier alpha value is -0.290. The second-order valence-corrected chi connectivity index (χ2v) is 8.76. The minimum atomic E-state index is -3.40. The van der Waals surface area contributed by atoms with Gasteiger partial charge in [-0.1, -0.05) is 19.9 Å². The van der Waals surface area contributed by atoms with Crippen LogP contribution in [0.3, 0.4) is 0 Å². The third-order valence-corrected chi connectivity index (χ3v) is 5.73. The minimum Gasteiger partial charge on any atom is -0.478 e. The van der Waals surface area contributed by atoms with Crippen molar-refractivity contribution in [2.24, 2.45) is 11.7 Å². The molecule has 1 unspecified atom stereocenters. The molecule has 0 aliphatic carbocycles. The van der Waals surface area contributed by atoms with Crippen LogP contribution in [0, 0.1) is 5.92 Å². The van der Waals surface area contributed by atoms with Crippen molar-refractivity contribution < 1.29 is 19.4 Å². The summed E-state index contributed by atoms with van der Waals surface area (Å²) in [6.07, 6.45) is 2.96. The summed E-state index contributed by atoms with van der Waals surface area (Å²) in [5, 5.41) is 9.09. The van der Waals surface area contributed by atoms with Gasteiger partial charge in [0.1, 0.15) is 0 Å². The number of nitrogens with two attached hydrogens (primary N) is 1. The maximum atomic E-state index is 11.9. The Bertz CT molecular complexity index is 371. The number of carbonyl (C=O) groups is 1. The van der Waals surface area contributed by atoms with E-state index in [9.17, 15) is 14.3 Å². The van der Waals surface area contributed by atoms with Gasteiger partial charge in [0.2, 0.25) is 7.37 Å². The normalized spacial score (nSPS) is 15.3. The van der Waals surface area contributed by atoms with E-state index < -0.39 is 13.3 Å². The van der Waals surface area contributed by atoms with E-state index >= 15 is 0 Å². The van der Waals surface area contributed by atoms with Crippen LogP contribution in [0.15, 0.2) is 11.6 Å². The smallest absolute Gasteiger partial charge is 0.331 e. The molecular formula is C13H26NO4PS. The zero-order valence-corrected chi connectivity index (χ0v) is 14.0. The molecule has 0 aromatic rings. The molecule has 0 spiro atoms. The van der Waals surface area contributed by atoms with Gasteiger partial charge in [0.25, 0.3) is 0 Å². The van der Waals surface area contributed by atoms with Gasteiger partial charge in [-0.15, -0.1) is 0 Å². The first kappa shape index (κ1) is 19.7. The molecule has 0 fully saturated rings. The number of carboxylic acids is 1. The third-order valence-electron chi connectivity index (χ3n) is 2.49. The van der Waals surface area contributed by atoms with Crippen LogP contribution in [0.1, 0.15) is 26.7 Å². The van der Waals surface area contributed by atoms with Crippen molar-refractivity contribution in [3.05, 3.63) is 11.6 Å². The maximum absolute atomic E-state index is 11.9. The van der Waals surface area contributed by atoms with Gasteiger partial charge in [-0.3, -0.25) is 4.57 Å². The van der Waals surface area contributed by atoms with E-state index in [2.05, 4.69) is 0 Å². The van der Waals surface area contributed by atoms with Gasteiger partial charge < -0.3 is 15.7 Å². The average Bonchev–Trinajstić information content (AvgIpc) is 2.30. The Morgan fingerprint density at radius 1 is 1.40 bits per heavy atom.